The third-order valence-electron chi connectivity index (χ3n) is 1.18. The summed E-state index contributed by atoms with van der Waals surface area (Å²) < 4.78 is 0. The van der Waals surface area contributed by atoms with Gasteiger partial charge in [-0.25, -0.2) is 0 Å². The van der Waals surface area contributed by atoms with E-state index in [9.17, 15) is 0 Å². The summed E-state index contributed by atoms with van der Waals surface area (Å²) in [5.41, 5.74) is 0.957. The van der Waals surface area contributed by atoms with Gasteiger partial charge in [0.25, 0.3) is 0 Å². The van der Waals surface area contributed by atoms with Gasteiger partial charge in [-0.2, -0.15) is 0 Å². The van der Waals surface area contributed by atoms with E-state index in [1.165, 1.54) is 0 Å². The van der Waals surface area contributed by atoms with E-state index < -0.39 is 0 Å². The van der Waals surface area contributed by atoms with Crippen LogP contribution in [-0.4, -0.2) is 6.21 Å². The first-order valence-electron chi connectivity index (χ1n) is 4.00. The van der Waals surface area contributed by atoms with Gasteiger partial charge in [0, 0.05) is 11.9 Å². The molecule has 0 bridgehead atoms. The Bertz CT molecular complexity index is 164. The van der Waals surface area contributed by atoms with Crippen molar-refractivity contribution in [1.29, 1.82) is 0 Å². The zero-order chi connectivity index (χ0) is 8.69. The van der Waals surface area contributed by atoms with Gasteiger partial charge in [0.1, 0.15) is 0 Å². The molecule has 0 saturated heterocycles. The van der Waals surface area contributed by atoms with Crippen molar-refractivity contribution in [3.05, 3.63) is 24.4 Å². The van der Waals surface area contributed by atoms with Crippen molar-refractivity contribution < 1.29 is 0 Å². The molecular formula is C10H17N. The van der Waals surface area contributed by atoms with Gasteiger partial charge in [-0.1, -0.05) is 26.5 Å². The normalized spacial score (nSPS) is 12.0. The zero-order valence-corrected chi connectivity index (χ0v) is 7.67. The van der Waals surface area contributed by atoms with Crippen molar-refractivity contribution in [3.8, 4) is 0 Å². The van der Waals surface area contributed by atoms with Crippen molar-refractivity contribution in [2.24, 2.45) is 10.9 Å². The van der Waals surface area contributed by atoms with Crippen LogP contribution in [0.2, 0.25) is 0 Å². The average Bonchev–Trinajstić information content (AvgIpc) is 1.86. The Kier molecular flexibility index (Phi) is 5.44. The van der Waals surface area contributed by atoms with E-state index in [1.54, 1.807) is 6.21 Å². The molecule has 0 aliphatic rings. The van der Waals surface area contributed by atoms with Gasteiger partial charge >= 0.3 is 0 Å². The van der Waals surface area contributed by atoms with E-state index in [1.807, 2.05) is 19.1 Å². The zero-order valence-electron chi connectivity index (χ0n) is 7.67. The second-order valence-electron chi connectivity index (χ2n) is 2.97. The highest BCUT2D eigenvalue weighted by Crippen LogP contribution is 2.08. The summed E-state index contributed by atoms with van der Waals surface area (Å²) in [5, 5.41) is 0. The molecule has 0 amide bonds. The van der Waals surface area contributed by atoms with E-state index in [-0.39, 0.29) is 0 Å². The molecule has 0 aromatic rings. The highest BCUT2D eigenvalue weighted by molar-refractivity contribution is 5.71. The Morgan fingerprint density at radius 3 is 2.64 bits per heavy atom. The van der Waals surface area contributed by atoms with Crippen LogP contribution in [-0.2, 0) is 0 Å². The lowest BCUT2D eigenvalue weighted by Gasteiger charge is -2.01. The van der Waals surface area contributed by atoms with Crippen LogP contribution in [0.3, 0.4) is 0 Å². The maximum Gasteiger partial charge on any atom is 0.0334 e. The van der Waals surface area contributed by atoms with Crippen molar-refractivity contribution in [1.82, 2.24) is 0 Å². The third kappa shape index (κ3) is 7.04. The number of aliphatic imine (C=N–C) groups is 1. The molecule has 0 unspecified atom stereocenters. The van der Waals surface area contributed by atoms with E-state index in [4.69, 9.17) is 0 Å². The fourth-order valence-electron chi connectivity index (χ4n) is 0.758. The Labute approximate surface area is 69.5 Å². The molecule has 0 aromatic carbocycles. The summed E-state index contributed by atoms with van der Waals surface area (Å²) in [7, 11) is 0. The molecule has 62 valence electrons. The highest BCUT2D eigenvalue weighted by Gasteiger charge is 1.94. The first kappa shape index (κ1) is 10.2. The minimum Gasteiger partial charge on any atom is -0.262 e. The predicted octanol–water partition coefficient (Wildman–Crippen LogP) is 3.19. The van der Waals surface area contributed by atoms with Crippen LogP contribution in [0.25, 0.3) is 0 Å². The smallest absolute Gasteiger partial charge is 0.0334 e. The largest absolute Gasteiger partial charge is 0.262 e. The first-order chi connectivity index (χ1) is 5.16. The van der Waals surface area contributed by atoms with E-state index in [0.717, 1.165) is 12.1 Å². The summed E-state index contributed by atoms with van der Waals surface area (Å²) in [6.45, 7) is 10.1. The van der Waals surface area contributed by atoms with Gasteiger partial charge in [0.15, 0.2) is 0 Å². The van der Waals surface area contributed by atoms with Crippen LogP contribution in [0.5, 0.6) is 0 Å². The lowest BCUT2D eigenvalue weighted by atomic mass is 10.1. The van der Waals surface area contributed by atoms with E-state index >= 15 is 0 Å². The van der Waals surface area contributed by atoms with Crippen molar-refractivity contribution in [2.75, 3.05) is 0 Å². The fraction of sp³-hybridized carbons (Fsp3) is 0.500. The molecule has 0 heterocycles. The molecule has 0 aliphatic heterocycles. The highest BCUT2D eigenvalue weighted by atomic mass is 14.7. The van der Waals surface area contributed by atoms with Crippen molar-refractivity contribution >= 4 is 6.21 Å². The minimum absolute atomic E-state index is 0.644. The van der Waals surface area contributed by atoms with Crippen LogP contribution >= 0.6 is 0 Å². The lowest BCUT2D eigenvalue weighted by molar-refractivity contribution is 0.640. The quantitative estimate of drug-likeness (QED) is 0.547. The van der Waals surface area contributed by atoms with Gasteiger partial charge in [0.2, 0.25) is 0 Å². The standard InChI is InChI=1S/C10H17N/c1-5-6-7-11-10(4)8-9(2)3/h5-7,9H,4,8H2,1-3H3/b6-5-,11-7-. The Balaban J connectivity index is 3.69. The molecule has 1 heteroatoms. The number of nitrogens with zero attached hydrogens (tertiary/aromatic N) is 1. The molecule has 11 heavy (non-hydrogen) atoms. The first-order valence-corrected chi connectivity index (χ1v) is 4.00. The van der Waals surface area contributed by atoms with Gasteiger partial charge in [-0.05, 0) is 25.3 Å². The Hall–Kier alpha value is -0.850. The van der Waals surface area contributed by atoms with Crippen molar-refractivity contribution in [2.45, 2.75) is 27.2 Å². The number of hydrogen-bond donors (Lipinski definition) is 0. The van der Waals surface area contributed by atoms with Gasteiger partial charge in [0.05, 0.1) is 0 Å². The molecule has 0 aliphatic carbocycles. The SMILES string of the molecule is C=C(CC(C)C)/N=C\C=C/C. The summed E-state index contributed by atoms with van der Waals surface area (Å²) in [6, 6.07) is 0. The van der Waals surface area contributed by atoms with Crippen LogP contribution in [0.15, 0.2) is 29.4 Å². The molecular weight excluding hydrogens is 134 g/mol. The molecule has 0 spiro atoms. The molecule has 0 atom stereocenters. The summed E-state index contributed by atoms with van der Waals surface area (Å²) in [5.74, 6) is 0.644. The maximum absolute atomic E-state index is 4.15. The molecule has 0 saturated carbocycles. The average molecular weight is 151 g/mol. The lowest BCUT2D eigenvalue weighted by Crippen LogP contribution is -1.87. The van der Waals surface area contributed by atoms with Crippen LogP contribution in [0, 0.1) is 5.92 Å². The van der Waals surface area contributed by atoms with Crippen LogP contribution in [0.4, 0.5) is 0 Å². The maximum atomic E-state index is 4.15. The summed E-state index contributed by atoms with van der Waals surface area (Å²) in [6.07, 6.45) is 6.62. The summed E-state index contributed by atoms with van der Waals surface area (Å²) >= 11 is 0. The monoisotopic (exact) mass is 151 g/mol. The topological polar surface area (TPSA) is 12.4 Å². The fourth-order valence-corrected chi connectivity index (χ4v) is 0.758. The van der Waals surface area contributed by atoms with E-state index in [2.05, 4.69) is 25.4 Å². The molecule has 0 radical (unpaired) electrons. The molecule has 0 N–H and O–H groups in total. The number of rotatable bonds is 4. The molecule has 0 aromatic heterocycles. The molecule has 1 nitrogen and oxygen atoms in total. The van der Waals surface area contributed by atoms with Gasteiger partial charge in [-0.15, -0.1) is 0 Å². The third-order valence-corrected chi connectivity index (χ3v) is 1.18. The van der Waals surface area contributed by atoms with Crippen molar-refractivity contribution in [3.63, 3.8) is 0 Å². The second-order valence-corrected chi connectivity index (χ2v) is 2.97. The Morgan fingerprint density at radius 2 is 2.18 bits per heavy atom. The van der Waals surface area contributed by atoms with Crippen LogP contribution in [0.1, 0.15) is 27.2 Å². The Morgan fingerprint density at radius 1 is 1.55 bits per heavy atom. The van der Waals surface area contributed by atoms with E-state index in [0.29, 0.717) is 5.92 Å². The molecule has 0 rings (SSSR count). The van der Waals surface area contributed by atoms with Gasteiger partial charge in [-0.3, -0.25) is 4.99 Å². The minimum atomic E-state index is 0.644. The predicted molar refractivity (Wildman–Crippen MR) is 51.9 cm³/mol. The number of allylic oxidation sites excluding steroid dienone is 3. The second kappa shape index (κ2) is 5.90. The van der Waals surface area contributed by atoms with Crippen LogP contribution < -0.4 is 0 Å². The summed E-state index contributed by atoms with van der Waals surface area (Å²) in [4.78, 5) is 4.15. The van der Waals surface area contributed by atoms with Gasteiger partial charge < -0.3 is 0 Å². The number of hydrogen-bond acceptors (Lipinski definition) is 1. The molecule has 0 fully saturated rings.